The lowest BCUT2D eigenvalue weighted by molar-refractivity contribution is 0.0786. The quantitative estimate of drug-likeness (QED) is 0.794. The monoisotopic (exact) mass is 283 g/mol. The van der Waals surface area contributed by atoms with Crippen molar-refractivity contribution in [3.05, 3.63) is 24.0 Å². The summed E-state index contributed by atoms with van der Waals surface area (Å²) in [6.07, 6.45) is 5.33. The third kappa shape index (κ3) is 2.58. The molecule has 16 heavy (non-hydrogen) atoms. The lowest BCUT2D eigenvalue weighted by atomic mass is 10.1. The fourth-order valence-corrected chi connectivity index (χ4v) is 2.65. The molecule has 1 aromatic rings. The van der Waals surface area contributed by atoms with Crippen LogP contribution in [0.15, 0.2) is 18.5 Å². The number of hydrogen-bond acceptors (Lipinski definition) is 3. The van der Waals surface area contributed by atoms with Gasteiger partial charge in [0.15, 0.2) is 0 Å². The van der Waals surface area contributed by atoms with Crippen molar-refractivity contribution in [2.75, 3.05) is 18.4 Å². The number of aromatic nitrogens is 2. The number of nitrogens with zero attached hydrogens (tertiary/aromatic N) is 3. The Hall–Kier alpha value is -0.970. The molecule has 0 aliphatic carbocycles. The van der Waals surface area contributed by atoms with E-state index in [9.17, 15) is 4.79 Å². The molecule has 86 valence electrons. The number of likely N-dealkylation sites (tertiary alicyclic amines) is 1. The molecule has 2 rings (SSSR count). The standard InChI is InChI=1S/C11H14BrN3O/c12-4-1-9-3-6-15(8-9)11(16)10-2-5-13-14-7-10/h2,5,7,9H,1,3-4,6,8H2. The highest BCUT2D eigenvalue weighted by molar-refractivity contribution is 9.09. The SMILES string of the molecule is O=C(c1ccnnc1)N1CCC(CCBr)C1. The average molecular weight is 284 g/mol. The summed E-state index contributed by atoms with van der Waals surface area (Å²) < 4.78 is 0. The van der Waals surface area contributed by atoms with Gasteiger partial charge in [0.05, 0.1) is 18.0 Å². The second kappa shape index (κ2) is 5.39. The van der Waals surface area contributed by atoms with Crippen LogP contribution in [0.3, 0.4) is 0 Å². The van der Waals surface area contributed by atoms with Gasteiger partial charge in [0.25, 0.3) is 5.91 Å². The molecule has 0 saturated carbocycles. The minimum atomic E-state index is 0.0759. The zero-order valence-corrected chi connectivity index (χ0v) is 10.6. The number of amides is 1. The highest BCUT2D eigenvalue weighted by Crippen LogP contribution is 2.21. The van der Waals surface area contributed by atoms with Gasteiger partial charge in [-0.15, -0.1) is 0 Å². The molecule has 2 heterocycles. The summed E-state index contributed by atoms with van der Waals surface area (Å²) in [4.78, 5) is 14.0. The molecule has 0 aromatic carbocycles. The fourth-order valence-electron chi connectivity index (χ4n) is 2.01. The molecule has 4 nitrogen and oxygen atoms in total. The first kappa shape index (κ1) is 11.5. The van der Waals surface area contributed by atoms with Gasteiger partial charge in [0, 0.05) is 18.4 Å². The molecule has 1 amide bonds. The maximum atomic E-state index is 12.0. The van der Waals surface area contributed by atoms with Gasteiger partial charge in [0.1, 0.15) is 0 Å². The summed E-state index contributed by atoms with van der Waals surface area (Å²) in [6, 6.07) is 1.72. The molecule has 1 aliphatic rings. The molecule has 0 spiro atoms. The topological polar surface area (TPSA) is 46.1 Å². The minimum Gasteiger partial charge on any atom is -0.338 e. The van der Waals surface area contributed by atoms with E-state index in [4.69, 9.17) is 0 Å². The number of hydrogen-bond donors (Lipinski definition) is 0. The van der Waals surface area contributed by atoms with Gasteiger partial charge in [-0.25, -0.2) is 0 Å². The normalized spacial score (nSPS) is 20.1. The van der Waals surface area contributed by atoms with Gasteiger partial charge in [-0.3, -0.25) is 4.79 Å². The van der Waals surface area contributed by atoms with Crippen molar-refractivity contribution in [1.82, 2.24) is 15.1 Å². The first-order chi connectivity index (χ1) is 7.81. The van der Waals surface area contributed by atoms with E-state index in [0.717, 1.165) is 31.3 Å². The maximum Gasteiger partial charge on any atom is 0.255 e. The summed E-state index contributed by atoms with van der Waals surface area (Å²) in [6.45, 7) is 1.73. The van der Waals surface area contributed by atoms with Crippen molar-refractivity contribution < 1.29 is 4.79 Å². The van der Waals surface area contributed by atoms with Crippen LogP contribution in [-0.4, -0.2) is 39.4 Å². The maximum absolute atomic E-state index is 12.0. The van der Waals surface area contributed by atoms with Crippen molar-refractivity contribution in [2.45, 2.75) is 12.8 Å². The molecule has 1 aromatic heterocycles. The Balaban J connectivity index is 1.97. The van der Waals surface area contributed by atoms with Crippen molar-refractivity contribution >= 4 is 21.8 Å². The molecule has 0 radical (unpaired) electrons. The summed E-state index contributed by atoms with van der Waals surface area (Å²) in [5.74, 6) is 0.713. The van der Waals surface area contributed by atoms with Crippen molar-refractivity contribution in [2.24, 2.45) is 5.92 Å². The van der Waals surface area contributed by atoms with Crippen molar-refractivity contribution in [3.8, 4) is 0 Å². The fraction of sp³-hybridized carbons (Fsp3) is 0.545. The predicted molar refractivity (Wildman–Crippen MR) is 64.5 cm³/mol. The van der Waals surface area contributed by atoms with Gasteiger partial charge < -0.3 is 4.90 Å². The predicted octanol–water partition coefficient (Wildman–Crippen LogP) is 1.72. The third-order valence-corrected chi connectivity index (χ3v) is 3.38. The molecule has 0 N–H and O–H groups in total. The Labute approximate surface area is 103 Å². The van der Waals surface area contributed by atoms with Crippen LogP contribution in [-0.2, 0) is 0 Å². The highest BCUT2D eigenvalue weighted by Gasteiger charge is 2.26. The average Bonchev–Trinajstić information content (AvgIpc) is 2.78. The highest BCUT2D eigenvalue weighted by atomic mass is 79.9. The molecular weight excluding hydrogens is 270 g/mol. The Kier molecular flexibility index (Phi) is 3.88. The van der Waals surface area contributed by atoms with Gasteiger partial charge in [-0.05, 0) is 24.8 Å². The van der Waals surface area contributed by atoms with Gasteiger partial charge in [-0.2, -0.15) is 10.2 Å². The van der Waals surface area contributed by atoms with E-state index in [1.165, 1.54) is 6.20 Å². The summed E-state index contributed by atoms with van der Waals surface area (Å²) >= 11 is 3.44. The zero-order valence-electron chi connectivity index (χ0n) is 8.97. The third-order valence-electron chi connectivity index (χ3n) is 2.92. The summed E-state index contributed by atoms with van der Waals surface area (Å²) in [7, 11) is 0. The molecule has 1 atom stereocenters. The molecular formula is C11H14BrN3O. The lowest BCUT2D eigenvalue weighted by Crippen LogP contribution is -2.28. The van der Waals surface area contributed by atoms with E-state index in [1.807, 2.05) is 4.90 Å². The second-order valence-corrected chi connectivity index (χ2v) is 4.81. The summed E-state index contributed by atoms with van der Waals surface area (Å²) in [5.41, 5.74) is 0.634. The Morgan fingerprint density at radius 2 is 2.44 bits per heavy atom. The van der Waals surface area contributed by atoms with E-state index in [2.05, 4.69) is 26.1 Å². The van der Waals surface area contributed by atoms with Crippen LogP contribution in [0.2, 0.25) is 0 Å². The van der Waals surface area contributed by atoms with E-state index in [1.54, 1.807) is 12.3 Å². The summed E-state index contributed by atoms with van der Waals surface area (Å²) in [5, 5.41) is 8.41. The van der Waals surface area contributed by atoms with Crippen LogP contribution < -0.4 is 0 Å². The molecule has 1 unspecified atom stereocenters. The van der Waals surface area contributed by atoms with Crippen LogP contribution in [0.25, 0.3) is 0 Å². The van der Waals surface area contributed by atoms with E-state index in [0.29, 0.717) is 11.5 Å². The minimum absolute atomic E-state index is 0.0759. The zero-order chi connectivity index (χ0) is 11.4. The van der Waals surface area contributed by atoms with Crippen LogP contribution >= 0.6 is 15.9 Å². The van der Waals surface area contributed by atoms with E-state index < -0.39 is 0 Å². The number of carbonyl (C=O) groups is 1. The van der Waals surface area contributed by atoms with Gasteiger partial charge >= 0.3 is 0 Å². The second-order valence-electron chi connectivity index (χ2n) is 4.01. The van der Waals surface area contributed by atoms with E-state index in [-0.39, 0.29) is 5.91 Å². The van der Waals surface area contributed by atoms with Crippen LogP contribution in [0.5, 0.6) is 0 Å². The molecule has 5 heteroatoms. The van der Waals surface area contributed by atoms with Crippen LogP contribution in [0, 0.1) is 5.92 Å². The van der Waals surface area contributed by atoms with Crippen molar-refractivity contribution in [1.29, 1.82) is 0 Å². The number of alkyl halides is 1. The molecule has 1 saturated heterocycles. The number of halogens is 1. The Bertz CT molecular complexity index is 358. The molecule has 0 bridgehead atoms. The lowest BCUT2D eigenvalue weighted by Gasteiger charge is -2.15. The molecule has 1 aliphatic heterocycles. The van der Waals surface area contributed by atoms with Crippen LogP contribution in [0.1, 0.15) is 23.2 Å². The molecule has 1 fully saturated rings. The smallest absolute Gasteiger partial charge is 0.255 e. The number of carbonyl (C=O) groups excluding carboxylic acids is 1. The van der Waals surface area contributed by atoms with Gasteiger partial charge in [0.2, 0.25) is 0 Å². The Morgan fingerprint density at radius 3 is 3.12 bits per heavy atom. The van der Waals surface area contributed by atoms with Crippen LogP contribution in [0.4, 0.5) is 0 Å². The van der Waals surface area contributed by atoms with Crippen molar-refractivity contribution in [3.63, 3.8) is 0 Å². The Morgan fingerprint density at radius 1 is 1.56 bits per heavy atom. The number of rotatable bonds is 3. The first-order valence-corrected chi connectivity index (χ1v) is 6.55. The first-order valence-electron chi connectivity index (χ1n) is 5.43. The largest absolute Gasteiger partial charge is 0.338 e. The van der Waals surface area contributed by atoms with E-state index >= 15 is 0 Å². The van der Waals surface area contributed by atoms with Gasteiger partial charge in [-0.1, -0.05) is 15.9 Å².